The van der Waals surface area contributed by atoms with Crippen LogP contribution >= 0.6 is 23.4 Å². The number of imide groups is 1. The molecule has 1 fully saturated rings. The summed E-state index contributed by atoms with van der Waals surface area (Å²) in [7, 11) is 1.35. The molecule has 0 atom stereocenters. The molecular formula is C24H16ClN3O8S. The van der Waals surface area contributed by atoms with Crippen LogP contribution in [0.5, 0.6) is 17.2 Å². The van der Waals surface area contributed by atoms with Crippen molar-refractivity contribution >= 4 is 52.0 Å². The summed E-state index contributed by atoms with van der Waals surface area (Å²) in [5, 5.41) is 22.5. The molecule has 4 rings (SSSR count). The van der Waals surface area contributed by atoms with E-state index in [-0.39, 0.29) is 34.3 Å². The summed E-state index contributed by atoms with van der Waals surface area (Å²) in [6.07, 6.45) is 1.41. The fraction of sp³-hybridized carbons (Fsp3) is 0.0833. The van der Waals surface area contributed by atoms with Gasteiger partial charge in [-0.25, -0.2) is 0 Å². The predicted molar refractivity (Wildman–Crippen MR) is 136 cm³/mol. The van der Waals surface area contributed by atoms with E-state index in [1.165, 1.54) is 19.3 Å². The average molecular weight is 542 g/mol. The molecule has 0 saturated carbocycles. The van der Waals surface area contributed by atoms with E-state index in [2.05, 4.69) is 0 Å². The molecule has 1 aliphatic rings. The number of para-hydroxylation sites is 1. The number of methoxy groups -OCH3 is 1. The van der Waals surface area contributed by atoms with Gasteiger partial charge >= 0.3 is 5.69 Å². The predicted octanol–water partition coefficient (Wildman–Crippen LogP) is 6.19. The highest BCUT2D eigenvalue weighted by atomic mass is 35.5. The number of carbonyl (C=O) groups excluding carboxylic acids is 2. The standard InChI is InChI=1S/C24H16ClN3O8S/c1-35-20-8-4-6-14(22(20)36-19-10-9-16(27(31)32)12-18(19)28(33)34)11-21-23(29)26(24(30)37-21)13-15-5-2-3-7-17(15)25/h2-12H,13H2,1H3/b21-11-. The zero-order valence-corrected chi connectivity index (χ0v) is 20.5. The fourth-order valence-electron chi connectivity index (χ4n) is 3.45. The molecule has 188 valence electrons. The van der Waals surface area contributed by atoms with Crippen LogP contribution in [0.2, 0.25) is 5.02 Å². The van der Waals surface area contributed by atoms with Gasteiger partial charge in [0.25, 0.3) is 16.8 Å². The number of halogens is 1. The molecule has 1 saturated heterocycles. The average Bonchev–Trinajstić information content (AvgIpc) is 3.13. The first-order valence-corrected chi connectivity index (χ1v) is 11.7. The van der Waals surface area contributed by atoms with Gasteiger partial charge in [-0.1, -0.05) is 41.9 Å². The van der Waals surface area contributed by atoms with Crippen LogP contribution in [0, 0.1) is 20.2 Å². The molecule has 0 aliphatic carbocycles. The number of non-ortho nitro benzene ring substituents is 1. The van der Waals surface area contributed by atoms with Gasteiger partial charge in [-0.3, -0.25) is 34.7 Å². The maximum Gasteiger partial charge on any atom is 0.318 e. The van der Waals surface area contributed by atoms with E-state index in [9.17, 15) is 29.8 Å². The van der Waals surface area contributed by atoms with Crippen molar-refractivity contribution in [1.82, 2.24) is 4.90 Å². The number of hydrogen-bond donors (Lipinski definition) is 0. The number of nitrogens with zero attached hydrogens (tertiary/aromatic N) is 3. The summed E-state index contributed by atoms with van der Waals surface area (Å²) < 4.78 is 11.1. The van der Waals surface area contributed by atoms with Gasteiger partial charge in [0.05, 0.1) is 34.5 Å². The monoisotopic (exact) mass is 541 g/mol. The van der Waals surface area contributed by atoms with Crippen LogP contribution < -0.4 is 9.47 Å². The summed E-state index contributed by atoms with van der Waals surface area (Å²) in [4.78, 5) is 47.8. The summed E-state index contributed by atoms with van der Waals surface area (Å²) in [5.41, 5.74) is -0.226. The van der Waals surface area contributed by atoms with Crippen molar-refractivity contribution in [2.24, 2.45) is 0 Å². The van der Waals surface area contributed by atoms with Gasteiger partial charge < -0.3 is 9.47 Å². The van der Waals surface area contributed by atoms with Crippen LogP contribution in [0.15, 0.2) is 65.6 Å². The zero-order valence-electron chi connectivity index (χ0n) is 19.0. The molecule has 0 N–H and O–H groups in total. The number of nitro benzene ring substituents is 2. The molecule has 0 spiro atoms. The van der Waals surface area contributed by atoms with Crippen molar-refractivity contribution in [2.75, 3.05) is 7.11 Å². The summed E-state index contributed by atoms with van der Waals surface area (Å²) >= 11 is 6.89. The van der Waals surface area contributed by atoms with E-state index in [0.717, 1.165) is 34.9 Å². The number of rotatable bonds is 8. The minimum atomic E-state index is -0.808. The molecule has 2 amide bonds. The number of nitro groups is 2. The topological polar surface area (TPSA) is 142 Å². The molecule has 1 heterocycles. The molecule has 0 bridgehead atoms. The van der Waals surface area contributed by atoms with Crippen LogP contribution in [0.4, 0.5) is 16.2 Å². The third kappa shape index (κ3) is 5.39. The highest BCUT2D eigenvalue weighted by Crippen LogP contribution is 2.42. The van der Waals surface area contributed by atoms with Gasteiger partial charge in [0.1, 0.15) is 0 Å². The number of carbonyl (C=O) groups is 2. The van der Waals surface area contributed by atoms with Crippen LogP contribution in [0.1, 0.15) is 11.1 Å². The van der Waals surface area contributed by atoms with Crippen molar-refractivity contribution in [3.05, 3.63) is 102 Å². The second-order valence-electron chi connectivity index (χ2n) is 7.51. The number of ether oxygens (including phenoxy) is 2. The molecule has 0 unspecified atom stereocenters. The maximum absolute atomic E-state index is 13.1. The Kier molecular flexibility index (Phi) is 7.41. The normalized spacial score (nSPS) is 14.2. The third-order valence-corrected chi connectivity index (χ3v) is 6.51. The molecule has 1 aliphatic heterocycles. The maximum atomic E-state index is 13.1. The Balaban J connectivity index is 1.70. The first kappa shape index (κ1) is 25.7. The number of benzene rings is 3. The van der Waals surface area contributed by atoms with E-state index >= 15 is 0 Å². The van der Waals surface area contributed by atoms with Crippen molar-refractivity contribution < 1.29 is 28.9 Å². The lowest BCUT2D eigenvalue weighted by Crippen LogP contribution is -2.27. The Morgan fingerprint density at radius 1 is 1.00 bits per heavy atom. The molecule has 13 heteroatoms. The molecular weight excluding hydrogens is 526 g/mol. The van der Waals surface area contributed by atoms with Crippen molar-refractivity contribution in [3.63, 3.8) is 0 Å². The van der Waals surface area contributed by atoms with Crippen LogP contribution in [-0.2, 0) is 11.3 Å². The lowest BCUT2D eigenvalue weighted by molar-refractivity contribution is -0.394. The van der Waals surface area contributed by atoms with Gasteiger partial charge in [-0.2, -0.15) is 0 Å². The first-order chi connectivity index (χ1) is 17.7. The number of thioether (sulfide) groups is 1. The summed E-state index contributed by atoms with van der Waals surface area (Å²) in [6, 6.07) is 14.5. The molecule has 3 aromatic rings. The minimum absolute atomic E-state index is 0.0138. The van der Waals surface area contributed by atoms with E-state index in [4.69, 9.17) is 21.1 Å². The number of amides is 2. The Hall–Kier alpha value is -4.42. The van der Waals surface area contributed by atoms with E-state index < -0.39 is 32.4 Å². The minimum Gasteiger partial charge on any atom is -0.493 e. The van der Waals surface area contributed by atoms with Crippen LogP contribution in [0.25, 0.3) is 6.08 Å². The Morgan fingerprint density at radius 3 is 2.43 bits per heavy atom. The fourth-order valence-corrected chi connectivity index (χ4v) is 4.47. The van der Waals surface area contributed by atoms with E-state index in [0.29, 0.717) is 10.6 Å². The Bertz CT molecular complexity index is 1480. The lowest BCUT2D eigenvalue weighted by Gasteiger charge is -2.14. The highest BCUT2D eigenvalue weighted by Gasteiger charge is 2.35. The summed E-state index contributed by atoms with van der Waals surface area (Å²) in [6.45, 7) is -0.0157. The lowest BCUT2D eigenvalue weighted by atomic mass is 10.1. The molecule has 0 radical (unpaired) electrons. The second-order valence-corrected chi connectivity index (χ2v) is 8.91. The van der Waals surface area contributed by atoms with E-state index in [1.54, 1.807) is 36.4 Å². The van der Waals surface area contributed by atoms with Gasteiger partial charge in [0.2, 0.25) is 5.75 Å². The molecule has 0 aromatic heterocycles. The van der Waals surface area contributed by atoms with Crippen molar-refractivity contribution in [1.29, 1.82) is 0 Å². The van der Waals surface area contributed by atoms with Gasteiger partial charge in [0.15, 0.2) is 11.5 Å². The summed E-state index contributed by atoms with van der Waals surface area (Å²) in [5.74, 6) is -0.636. The quantitative estimate of drug-likeness (QED) is 0.185. The smallest absolute Gasteiger partial charge is 0.318 e. The highest BCUT2D eigenvalue weighted by molar-refractivity contribution is 8.18. The molecule has 11 nitrogen and oxygen atoms in total. The SMILES string of the molecule is COc1cccc(/C=C2\SC(=O)N(Cc3ccccc3Cl)C2=O)c1Oc1ccc([N+](=O)[O-])cc1[N+](=O)[O-]. The Morgan fingerprint density at radius 2 is 1.76 bits per heavy atom. The van der Waals surface area contributed by atoms with Gasteiger partial charge in [0, 0.05) is 16.7 Å². The van der Waals surface area contributed by atoms with Crippen LogP contribution in [-0.4, -0.2) is 33.0 Å². The number of hydrogen-bond acceptors (Lipinski definition) is 9. The van der Waals surface area contributed by atoms with Crippen LogP contribution in [0.3, 0.4) is 0 Å². The van der Waals surface area contributed by atoms with Crippen molar-refractivity contribution in [3.8, 4) is 17.2 Å². The van der Waals surface area contributed by atoms with Gasteiger partial charge in [-0.15, -0.1) is 0 Å². The molecule has 37 heavy (non-hydrogen) atoms. The second kappa shape index (κ2) is 10.7. The zero-order chi connectivity index (χ0) is 26.7. The van der Waals surface area contributed by atoms with E-state index in [1.807, 2.05) is 0 Å². The Labute approximate surface area is 218 Å². The first-order valence-electron chi connectivity index (χ1n) is 10.5. The third-order valence-electron chi connectivity index (χ3n) is 5.24. The van der Waals surface area contributed by atoms with Gasteiger partial charge in [-0.05, 0) is 41.6 Å². The van der Waals surface area contributed by atoms with Crippen molar-refractivity contribution in [2.45, 2.75) is 6.54 Å². The molecule has 3 aromatic carbocycles. The largest absolute Gasteiger partial charge is 0.493 e.